The number of rotatable bonds is 4. The molecule has 0 atom stereocenters. The lowest BCUT2D eigenvalue weighted by atomic mass is 10.2. The first-order valence-electron chi connectivity index (χ1n) is 4.77. The van der Waals surface area contributed by atoms with E-state index < -0.39 is 11.7 Å². The number of nitroso groups, excluding NO2 is 1. The van der Waals surface area contributed by atoms with E-state index in [9.17, 15) is 18.1 Å². The van der Waals surface area contributed by atoms with Crippen LogP contribution in [0, 0.1) is 4.91 Å². The molecular formula is C10H11F3N2O. The molecule has 1 aromatic rings. The first-order valence-corrected chi connectivity index (χ1v) is 4.77. The van der Waals surface area contributed by atoms with E-state index in [1.54, 1.807) is 0 Å². The minimum absolute atomic E-state index is 0.366. The Morgan fingerprint density at radius 2 is 1.81 bits per heavy atom. The summed E-state index contributed by atoms with van der Waals surface area (Å²) in [5.41, 5.74) is -0.372. The van der Waals surface area contributed by atoms with Gasteiger partial charge in [-0.2, -0.15) is 13.2 Å². The second-order valence-electron chi connectivity index (χ2n) is 3.25. The lowest BCUT2D eigenvalue weighted by molar-refractivity contribution is -0.137. The van der Waals surface area contributed by atoms with E-state index in [1.807, 2.05) is 6.92 Å². The van der Waals surface area contributed by atoms with Crippen molar-refractivity contribution in [3.05, 3.63) is 34.7 Å². The largest absolute Gasteiger partial charge is 0.416 e. The number of alkyl halides is 3. The molecule has 0 heterocycles. The summed E-state index contributed by atoms with van der Waals surface area (Å²) in [6.45, 7) is 2.23. The van der Waals surface area contributed by atoms with Gasteiger partial charge in [0.25, 0.3) is 0 Å². The maximum absolute atomic E-state index is 12.3. The average molecular weight is 232 g/mol. The van der Waals surface area contributed by atoms with Gasteiger partial charge in [0.15, 0.2) is 0 Å². The summed E-state index contributed by atoms with van der Waals surface area (Å²) >= 11 is 0. The van der Waals surface area contributed by atoms with Crippen molar-refractivity contribution in [3.63, 3.8) is 0 Å². The SMILES string of the molecule is CCCN(N=O)c1ccc(C(F)(F)F)cc1. The Labute approximate surface area is 90.8 Å². The topological polar surface area (TPSA) is 32.7 Å². The molecule has 0 bridgehead atoms. The molecule has 0 radical (unpaired) electrons. The third-order valence-electron chi connectivity index (χ3n) is 2.03. The van der Waals surface area contributed by atoms with E-state index >= 15 is 0 Å². The van der Waals surface area contributed by atoms with Gasteiger partial charge in [-0.1, -0.05) is 6.92 Å². The fourth-order valence-corrected chi connectivity index (χ4v) is 1.25. The fourth-order valence-electron chi connectivity index (χ4n) is 1.25. The maximum atomic E-state index is 12.3. The first-order chi connectivity index (χ1) is 7.49. The van der Waals surface area contributed by atoms with Gasteiger partial charge in [-0.15, -0.1) is 4.91 Å². The van der Waals surface area contributed by atoms with Crippen LogP contribution in [0.1, 0.15) is 18.9 Å². The molecule has 0 saturated heterocycles. The molecule has 0 aliphatic heterocycles. The van der Waals surface area contributed by atoms with E-state index in [2.05, 4.69) is 5.29 Å². The summed E-state index contributed by atoms with van der Waals surface area (Å²) in [6.07, 6.45) is -3.67. The van der Waals surface area contributed by atoms with Crippen molar-refractivity contribution in [2.24, 2.45) is 5.29 Å². The molecule has 0 aromatic heterocycles. The van der Waals surface area contributed by atoms with Gasteiger partial charge in [0, 0.05) is 6.54 Å². The number of halogens is 3. The Morgan fingerprint density at radius 3 is 2.19 bits per heavy atom. The van der Waals surface area contributed by atoms with Gasteiger partial charge in [0.1, 0.15) is 0 Å². The van der Waals surface area contributed by atoms with Crippen molar-refractivity contribution < 1.29 is 13.2 Å². The zero-order valence-electron chi connectivity index (χ0n) is 8.66. The van der Waals surface area contributed by atoms with Gasteiger partial charge in [-0.05, 0) is 30.7 Å². The summed E-state index contributed by atoms with van der Waals surface area (Å²) in [7, 11) is 0. The van der Waals surface area contributed by atoms with Crippen molar-refractivity contribution in [1.82, 2.24) is 0 Å². The van der Waals surface area contributed by atoms with Crippen LogP contribution in [-0.4, -0.2) is 6.54 Å². The number of hydrogen-bond acceptors (Lipinski definition) is 2. The molecule has 0 spiro atoms. The van der Waals surface area contributed by atoms with Gasteiger partial charge >= 0.3 is 6.18 Å². The lowest BCUT2D eigenvalue weighted by Crippen LogP contribution is -2.16. The molecule has 0 saturated carbocycles. The fraction of sp³-hybridized carbons (Fsp3) is 0.400. The molecule has 0 amide bonds. The van der Waals surface area contributed by atoms with E-state index in [-0.39, 0.29) is 0 Å². The second-order valence-corrected chi connectivity index (χ2v) is 3.25. The molecule has 0 unspecified atom stereocenters. The molecule has 0 fully saturated rings. The van der Waals surface area contributed by atoms with Gasteiger partial charge in [-0.25, -0.2) is 5.01 Å². The highest BCUT2D eigenvalue weighted by Gasteiger charge is 2.30. The number of nitrogens with zero attached hydrogens (tertiary/aromatic N) is 2. The minimum atomic E-state index is -4.36. The summed E-state index contributed by atoms with van der Waals surface area (Å²) in [5.74, 6) is 0. The summed E-state index contributed by atoms with van der Waals surface area (Å²) in [5, 5.41) is 3.87. The normalized spacial score (nSPS) is 11.2. The van der Waals surface area contributed by atoms with Gasteiger partial charge in [0.2, 0.25) is 0 Å². The minimum Gasteiger partial charge on any atom is -0.229 e. The number of hydrogen-bond donors (Lipinski definition) is 0. The van der Waals surface area contributed by atoms with Crippen LogP contribution in [0.4, 0.5) is 18.9 Å². The lowest BCUT2D eigenvalue weighted by Gasteiger charge is -2.14. The number of anilines is 1. The molecule has 88 valence electrons. The van der Waals surface area contributed by atoms with Crippen LogP contribution in [0.3, 0.4) is 0 Å². The Hall–Kier alpha value is -1.59. The van der Waals surface area contributed by atoms with E-state index in [4.69, 9.17) is 0 Å². The van der Waals surface area contributed by atoms with Crippen molar-refractivity contribution >= 4 is 5.69 Å². The van der Waals surface area contributed by atoms with Gasteiger partial charge < -0.3 is 0 Å². The summed E-state index contributed by atoms with van der Waals surface area (Å²) < 4.78 is 36.8. The Balaban J connectivity index is 2.89. The predicted molar refractivity (Wildman–Crippen MR) is 54.9 cm³/mol. The second kappa shape index (κ2) is 4.96. The smallest absolute Gasteiger partial charge is 0.229 e. The number of benzene rings is 1. The quantitative estimate of drug-likeness (QED) is 0.586. The van der Waals surface area contributed by atoms with Crippen LogP contribution >= 0.6 is 0 Å². The van der Waals surface area contributed by atoms with E-state index in [0.29, 0.717) is 18.7 Å². The summed E-state index contributed by atoms with van der Waals surface area (Å²) in [4.78, 5) is 10.4. The molecule has 6 heteroatoms. The molecule has 0 aliphatic rings. The monoisotopic (exact) mass is 232 g/mol. The van der Waals surface area contributed by atoms with E-state index in [0.717, 1.165) is 17.1 Å². The molecule has 1 aromatic carbocycles. The summed E-state index contributed by atoms with van der Waals surface area (Å²) in [6, 6.07) is 4.34. The zero-order valence-corrected chi connectivity index (χ0v) is 8.66. The average Bonchev–Trinajstić information content (AvgIpc) is 2.25. The molecular weight excluding hydrogens is 221 g/mol. The molecule has 1 rings (SSSR count). The Bertz CT molecular complexity index is 348. The van der Waals surface area contributed by atoms with Crippen LogP contribution in [0.25, 0.3) is 0 Å². The molecule has 16 heavy (non-hydrogen) atoms. The van der Waals surface area contributed by atoms with Crippen molar-refractivity contribution in [3.8, 4) is 0 Å². The third kappa shape index (κ3) is 2.95. The van der Waals surface area contributed by atoms with Crippen molar-refractivity contribution in [2.45, 2.75) is 19.5 Å². The van der Waals surface area contributed by atoms with Gasteiger partial charge in [0.05, 0.1) is 16.5 Å². The molecule has 0 N–H and O–H groups in total. The highest BCUT2D eigenvalue weighted by molar-refractivity contribution is 5.47. The predicted octanol–water partition coefficient (Wildman–Crippen LogP) is 3.60. The Kier molecular flexibility index (Phi) is 3.87. The third-order valence-corrected chi connectivity index (χ3v) is 2.03. The zero-order chi connectivity index (χ0) is 12.2. The highest BCUT2D eigenvalue weighted by atomic mass is 19.4. The Morgan fingerprint density at radius 1 is 1.25 bits per heavy atom. The molecule has 0 aliphatic carbocycles. The van der Waals surface area contributed by atoms with Crippen LogP contribution in [0.15, 0.2) is 29.6 Å². The van der Waals surface area contributed by atoms with E-state index in [1.165, 1.54) is 12.1 Å². The van der Waals surface area contributed by atoms with Gasteiger partial charge in [-0.3, -0.25) is 0 Å². The first kappa shape index (κ1) is 12.5. The van der Waals surface area contributed by atoms with Crippen LogP contribution in [-0.2, 0) is 6.18 Å². The van der Waals surface area contributed by atoms with Crippen LogP contribution < -0.4 is 5.01 Å². The highest BCUT2D eigenvalue weighted by Crippen LogP contribution is 2.30. The standard InChI is InChI=1S/C10H11F3N2O/c1-2-7-15(14-16)9-5-3-8(4-6-9)10(11,12)13/h3-6H,2,7H2,1H3. The maximum Gasteiger partial charge on any atom is 0.416 e. The van der Waals surface area contributed by atoms with Crippen molar-refractivity contribution in [1.29, 1.82) is 0 Å². The molecule has 3 nitrogen and oxygen atoms in total. The van der Waals surface area contributed by atoms with Crippen molar-refractivity contribution in [2.75, 3.05) is 11.6 Å². The van der Waals surface area contributed by atoms with Crippen LogP contribution in [0.2, 0.25) is 0 Å². The van der Waals surface area contributed by atoms with Crippen LogP contribution in [0.5, 0.6) is 0 Å².